The number of hydrogen-bond acceptors (Lipinski definition) is 5. The van der Waals surface area contributed by atoms with Gasteiger partial charge in [-0.25, -0.2) is 18.8 Å². The first-order valence-electron chi connectivity index (χ1n) is 10.6. The number of imidazole rings is 1. The van der Waals surface area contributed by atoms with Gasteiger partial charge in [0.1, 0.15) is 34.8 Å². The van der Waals surface area contributed by atoms with Crippen molar-refractivity contribution in [2.75, 3.05) is 18.8 Å². The predicted octanol–water partition coefficient (Wildman–Crippen LogP) is 4.35. The van der Waals surface area contributed by atoms with Crippen molar-refractivity contribution in [2.24, 2.45) is 10.9 Å². The van der Waals surface area contributed by atoms with Crippen LogP contribution in [0.25, 0.3) is 11.4 Å². The Hall–Kier alpha value is -3.23. The molecule has 1 aromatic heterocycles. The van der Waals surface area contributed by atoms with Crippen molar-refractivity contribution >= 4 is 23.6 Å². The van der Waals surface area contributed by atoms with Gasteiger partial charge in [-0.3, -0.25) is 0 Å². The maximum Gasteiger partial charge on any atom is 0.146 e. The highest BCUT2D eigenvalue weighted by molar-refractivity contribution is 6.33. The van der Waals surface area contributed by atoms with E-state index in [0.29, 0.717) is 42.2 Å². The third kappa shape index (κ3) is 5.40. The Balaban J connectivity index is 1.58. The first-order chi connectivity index (χ1) is 15.9. The van der Waals surface area contributed by atoms with E-state index >= 15 is 0 Å². The number of nitrogens with one attached hydrogen (secondary N) is 2. The maximum atomic E-state index is 14.7. The Kier molecular flexibility index (Phi) is 7.05. The molecule has 172 valence electrons. The molecule has 0 aliphatic carbocycles. The molecule has 0 unspecified atom stereocenters. The Labute approximate surface area is 196 Å². The van der Waals surface area contributed by atoms with E-state index in [9.17, 15) is 8.78 Å². The Morgan fingerprint density at radius 1 is 1.30 bits per heavy atom. The molecule has 0 spiro atoms. The highest BCUT2D eigenvalue weighted by atomic mass is 35.5. The van der Waals surface area contributed by atoms with Crippen LogP contribution < -0.4 is 16.4 Å². The molecule has 1 aliphatic rings. The molecular weight excluding hydrogens is 446 g/mol. The third-order valence-corrected chi connectivity index (χ3v) is 5.89. The van der Waals surface area contributed by atoms with Crippen LogP contribution in [0.2, 0.25) is 5.02 Å². The largest absolute Gasteiger partial charge is 0.383 e. The number of nitrogen functional groups attached to an aromatic ring is 1. The topological polar surface area (TPSA) is 80.3 Å². The number of benzene rings is 2. The molecule has 0 bridgehead atoms. The lowest BCUT2D eigenvalue weighted by atomic mass is 10.1. The molecule has 0 amide bonds. The molecule has 33 heavy (non-hydrogen) atoms. The molecule has 1 aliphatic heterocycles. The summed E-state index contributed by atoms with van der Waals surface area (Å²) in [7, 11) is 0. The molecule has 3 aromatic rings. The summed E-state index contributed by atoms with van der Waals surface area (Å²) < 4.78 is 29.6. The number of aromatic nitrogens is 2. The fourth-order valence-corrected chi connectivity index (χ4v) is 4.03. The summed E-state index contributed by atoms with van der Waals surface area (Å²) >= 11 is 6.32. The van der Waals surface area contributed by atoms with Crippen molar-refractivity contribution in [1.82, 2.24) is 20.2 Å². The smallest absolute Gasteiger partial charge is 0.146 e. The second-order valence-electron chi connectivity index (χ2n) is 7.96. The molecule has 6 nitrogen and oxygen atoms in total. The summed E-state index contributed by atoms with van der Waals surface area (Å²) in [5.74, 6) is 0.731. The van der Waals surface area contributed by atoms with Crippen LogP contribution in [0.15, 0.2) is 59.9 Å². The second-order valence-corrected chi connectivity index (χ2v) is 8.36. The molecule has 2 heterocycles. The van der Waals surface area contributed by atoms with E-state index in [2.05, 4.69) is 27.2 Å². The fourth-order valence-electron chi connectivity index (χ4n) is 3.79. The lowest BCUT2D eigenvalue weighted by molar-refractivity contribution is 0.487. The molecule has 1 saturated heterocycles. The minimum atomic E-state index is -0.466. The Morgan fingerprint density at radius 3 is 2.79 bits per heavy atom. The molecule has 4 rings (SSSR count). The van der Waals surface area contributed by atoms with E-state index in [4.69, 9.17) is 17.3 Å². The van der Waals surface area contributed by atoms with Crippen molar-refractivity contribution in [2.45, 2.75) is 19.5 Å². The van der Waals surface area contributed by atoms with Gasteiger partial charge in [0.05, 0.1) is 16.8 Å². The zero-order valence-electron chi connectivity index (χ0n) is 18.0. The summed E-state index contributed by atoms with van der Waals surface area (Å²) in [5.41, 5.74) is 7.93. The van der Waals surface area contributed by atoms with Gasteiger partial charge in [-0.15, -0.1) is 0 Å². The van der Waals surface area contributed by atoms with Crippen LogP contribution in [0.1, 0.15) is 17.7 Å². The van der Waals surface area contributed by atoms with Gasteiger partial charge in [0.15, 0.2) is 0 Å². The van der Waals surface area contributed by atoms with Crippen LogP contribution in [-0.2, 0) is 13.1 Å². The minimum absolute atomic E-state index is 0.213. The number of halogens is 3. The SMILES string of the molecule is C=C(/N=C\c1nc(-c2c(F)cccc2Cl)n(C[C@H]2CCNC2)c1N)NCc1ccc(F)cc1. The maximum absolute atomic E-state index is 14.7. The van der Waals surface area contributed by atoms with Gasteiger partial charge < -0.3 is 20.9 Å². The van der Waals surface area contributed by atoms with E-state index in [-0.39, 0.29) is 16.4 Å². The Morgan fingerprint density at radius 2 is 2.09 bits per heavy atom. The number of rotatable bonds is 8. The number of hydrogen-bond donors (Lipinski definition) is 3. The zero-order chi connectivity index (χ0) is 23.4. The summed E-state index contributed by atoms with van der Waals surface area (Å²) in [6, 6.07) is 10.7. The number of anilines is 1. The zero-order valence-corrected chi connectivity index (χ0v) is 18.7. The van der Waals surface area contributed by atoms with E-state index in [1.54, 1.807) is 28.8 Å². The van der Waals surface area contributed by atoms with Gasteiger partial charge in [0, 0.05) is 13.1 Å². The van der Waals surface area contributed by atoms with Crippen LogP contribution in [0.5, 0.6) is 0 Å². The van der Waals surface area contributed by atoms with Crippen LogP contribution in [0, 0.1) is 17.6 Å². The van der Waals surface area contributed by atoms with E-state index in [1.165, 1.54) is 24.4 Å². The van der Waals surface area contributed by atoms with Gasteiger partial charge in [-0.1, -0.05) is 36.4 Å². The fraction of sp³-hybridized carbons (Fsp3) is 0.250. The summed E-state index contributed by atoms with van der Waals surface area (Å²) in [6.45, 7) is 6.70. The van der Waals surface area contributed by atoms with Crippen molar-refractivity contribution < 1.29 is 8.78 Å². The van der Waals surface area contributed by atoms with Gasteiger partial charge in [0.25, 0.3) is 0 Å². The van der Waals surface area contributed by atoms with Crippen LogP contribution in [0.4, 0.5) is 14.6 Å². The van der Waals surface area contributed by atoms with Crippen molar-refractivity contribution in [3.8, 4) is 11.4 Å². The van der Waals surface area contributed by atoms with E-state index < -0.39 is 5.82 Å². The molecular formula is C24H25ClF2N6. The van der Waals surface area contributed by atoms with Crippen LogP contribution in [-0.4, -0.2) is 28.9 Å². The quantitative estimate of drug-likeness (QED) is 0.427. The van der Waals surface area contributed by atoms with Crippen LogP contribution >= 0.6 is 11.6 Å². The summed E-state index contributed by atoms with van der Waals surface area (Å²) in [4.78, 5) is 8.89. The molecule has 0 saturated carbocycles. The molecule has 0 radical (unpaired) electrons. The predicted molar refractivity (Wildman–Crippen MR) is 128 cm³/mol. The van der Waals surface area contributed by atoms with Crippen molar-refractivity contribution in [3.05, 3.63) is 82.8 Å². The molecule has 1 atom stereocenters. The average molecular weight is 471 g/mol. The minimum Gasteiger partial charge on any atom is -0.383 e. The van der Waals surface area contributed by atoms with Gasteiger partial charge >= 0.3 is 0 Å². The van der Waals surface area contributed by atoms with E-state index in [0.717, 1.165) is 25.1 Å². The lowest BCUT2D eigenvalue weighted by Gasteiger charge is -2.15. The Bertz CT molecular complexity index is 1150. The number of nitrogens with two attached hydrogens (primary N) is 1. The number of aliphatic imine (C=N–C) groups is 1. The van der Waals surface area contributed by atoms with Crippen LogP contribution in [0.3, 0.4) is 0 Å². The normalized spacial score (nSPS) is 15.9. The second kappa shape index (κ2) is 10.1. The molecule has 2 aromatic carbocycles. The average Bonchev–Trinajstić information content (AvgIpc) is 3.41. The van der Waals surface area contributed by atoms with Crippen molar-refractivity contribution in [1.29, 1.82) is 0 Å². The standard InChI is InChI=1S/C24H25ClF2N6/c1-15(30-12-16-5-7-18(26)8-6-16)31-13-21-23(28)33(14-17-9-10-29-11-17)24(32-21)22-19(25)3-2-4-20(22)27/h2-8,13,17,29-30H,1,9-12,14,28H2/b31-13-/t17-/m0/s1. The number of nitrogens with zero attached hydrogens (tertiary/aromatic N) is 3. The first-order valence-corrected chi connectivity index (χ1v) is 11.0. The van der Waals surface area contributed by atoms with Gasteiger partial charge in [-0.2, -0.15) is 0 Å². The summed E-state index contributed by atoms with van der Waals surface area (Å²) in [6.07, 6.45) is 2.49. The molecule has 1 fully saturated rings. The molecule has 9 heteroatoms. The van der Waals surface area contributed by atoms with Gasteiger partial charge in [0.2, 0.25) is 0 Å². The highest BCUT2D eigenvalue weighted by Gasteiger charge is 2.24. The highest BCUT2D eigenvalue weighted by Crippen LogP contribution is 2.33. The van der Waals surface area contributed by atoms with E-state index in [1.807, 2.05) is 0 Å². The monoisotopic (exact) mass is 470 g/mol. The summed E-state index contributed by atoms with van der Waals surface area (Å²) in [5, 5.41) is 6.65. The third-order valence-electron chi connectivity index (χ3n) is 5.58. The molecule has 4 N–H and O–H groups in total. The van der Waals surface area contributed by atoms with Crippen molar-refractivity contribution in [3.63, 3.8) is 0 Å². The lowest BCUT2D eigenvalue weighted by Crippen LogP contribution is -2.17. The van der Waals surface area contributed by atoms with Gasteiger partial charge in [-0.05, 0) is 55.3 Å². The first kappa shape index (κ1) is 22.9.